The molecule has 0 spiro atoms. The number of nitrogens with zero attached hydrogens (tertiary/aromatic N) is 1. The molecule has 0 aliphatic carbocycles. The Kier molecular flexibility index (Phi) is 4.23. The standard InChI is InChI=1S/C11H10Cl2N2OS/c12-8-2-1-3-9(11(8)13)16-5-7-6-17-10(4-14)15-7/h1-3,6H,4-5,14H2. The fourth-order valence-corrected chi connectivity index (χ4v) is 2.26. The number of thiazole rings is 1. The summed E-state index contributed by atoms with van der Waals surface area (Å²) in [5, 5.41) is 3.70. The lowest BCUT2D eigenvalue weighted by Gasteiger charge is -2.06. The number of hydrogen-bond donors (Lipinski definition) is 1. The molecule has 0 bridgehead atoms. The molecule has 17 heavy (non-hydrogen) atoms. The van der Waals surface area contributed by atoms with Crippen LogP contribution in [-0.4, -0.2) is 4.98 Å². The van der Waals surface area contributed by atoms with Crippen LogP contribution in [0.15, 0.2) is 23.6 Å². The van der Waals surface area contributed by atoms with Gasteiger partial charge in [0.1, 0.15) is 22.4 Å². The maximum absolute atomic E-state index is 6.00. The molecule has 0 radical (unpaired) electrons. The quantitative estimate of drug-likeness (QED) is 0.937. The first-order chi connectivity index (χ1) is 8.20. The van der Waals surface area contributed by atoms with Crippen molar-refractivity contribution in [3.8, 4) is 5.75 Å². The number of hydrogen-bond acceptors (Lipinski definition) is 4. The van der Waals surface area contributed by atoms with Crippen molar-refractivity contribution < 1.29 is 4.74 Å². The summed E-state index contributed by atoms with van der Waals surface area (Å²) in [5.74, 6) is 0.557. The summed E-state index contributed by atoms with van der Waals surface area (Å²) in [6, 6.07) is 5.27. The molecule has 1 heterocycles. The molecule has 0 amide bonds. The topological polar surface area (TPSA) is 48.1 Å². The van der Waals surface area contributed by atoms with E-state index in [4.69, 9.17) is 33.7 Å². The molecule has 3 nitrogen and oxygen atoms in total. The van der Waals surface area contributed by atoms with Gasteiger partial charge >= 0.3 is 0 Å². The number of halogens is 2. The van der Waals surface area contributed by atoms with Gasteiger partial charge in [-0.1, -0.05) is 29.3 Å². The summed E-state index contributed by atoms with van der Waals surface area (Å²) in [6.45, 7) is 0.805. The Hall–Kier alpha value is -0.810. The van der Waals surface area contributed by atoms with Crippen molar-refractivity contribution in [1.82, 2.24) is 4.98 Å². The lowest BCUT2D eigenvalue weighted by Crippen LogP contribution is -1.99. The molecule has 0 atom stereocenters. The highest BCUT2D eigenvalue weighted by Gasteiger charge is 2.07. The van der Waals surface area contributed by atoms with Gasteiger partial charge in [0.25, 0.3) is 0 Å². The Morgan fingerprint density at radius 2 is 2.18 bits per heavy atom. The molecule has 0 saturated carbocycles. The molecule has 2 rings (SSSR count). The Morgan fingerprint density at radius 3 is 2.88 bits per heavy atom. The number of aromatic nitrogens is 1. The van der Waals surface area contributed by atoms with Crippen molar-refractivity contribution >= 4 is 34.5 Å². The molecule has 0 aliphatic heterocycles. The summed E-state index contributed by atoms with van der Waals surface area (Å²) in [5.41, 5.74) is 6.32. The Morgan fingerprint density at radius 1 is 1.35 bits per heavy atom. The second-order valence-electron chi connectivity index (χ2n) is 3.28. The summed E-state index contributed by atoms with van der Waals surface area (Å²) in [6.07, 6.45) is 0. The van der Waals surface area contributed by atoms with Gasteiger partial charge in [0.15, 0.2) is 0 Å². The molecule has 1 aromatic heterocycles. The van der Waals surface area contributed by atoms with Crippen molar-refractivity contribution in [2.45, 2.75) is 13.2 Å². The van der Waals surface area contributed by atoms with E-state index in [-0.39, 0.29) is 0 Å². The molecular weight excluding hydrogens is 279 g/mol. The molecule has 90 valence electrons. The first-order valence-corrected chi connectivity index (χ1v) is 6.54. The zero-order valence-electron chi connectivity index (χ0n) is 8.82. The van der Waals surface area contributed by atoms with E-state index in [0.717, 1.165) is 10.7 Å². The van der Waals surface area contributed by atoms with Gasteiger partial charge < -0.3 is 10.5 Å². The van der Waals surface area contributed by atoms with Crippen LogP contribution in [0.3, 0.4) is 0 Å². The number of ether oxygens (including phenoxy) is 1. The molecular formula is C11H10Cl2N2OS. The van der Waals surface area contributed by atoms with Crippen molar-refractivity contribution in [3.05, 3.63) is 44.3 Å². The minimum atomic E-state index is 0.358. The highest BCUT2D eigenvalue weighted by Crippen LogP contribution is 2.31. The van der Waals surface area contributed by atoms with E-state index in [1.807, 2.05) is 5.38 Å². The van der Waals surface area contributed by atoms with Crippen LogP contribution in [0.1, 0.15) is 10.7 Å². The normalized spacial score (nSPS) is 10.5. The van der Waals surface area contributed by atoms with E-state index in [0.29, 0.717) is 28.9 Å². The molecule has 6 heteroatoms. The van der Waals surface area contributed by atoms with Gasteiger partial charge in [0.05, 0.1) is 10.7 Å². The minimum Gasteiger partial charge on any atom is -0.486 e. The average Bonchev–Trinajstić information content (AvgIpc) is 2.79. The minimum absolute atomic E-state index is 0.358. The van der Waals surface area contributed by atoms with Crippen molar-refractivity contribution in [2.24, 2.45) is 5.73 Å². The molecule has 2 aromatic rings. The van der Waals surface area contributed by atoms with E-state index >= 15 is 0 Å². The fraction of sp³-hybridized carbons (Fsp3) is 0.182. The van der Waals surface area contributed by atoms with Crippen molar-refractivity contribution in [1.29, 1.82) is 0 Å². The van der Waals surface area contributed by atoms with Gasteiger partial charge in [-0.2, -0.15) is 0 Å². The zero-order chi connectivity index (χ0) is 12.3. The van der Waals surface area contributed by atoms with Crippen molar-refractivity contribution in [2.75, 3.05) is 0 Å². The summed E-state index contributed by atoms with van der Waals surface area (Å²) in [4.78, 5) is 4.29. The van der Waals surface area contributed by atoms with Crippen LogP contribution >= 0.6 is 34.5 Å². The lowest BCUT2D eigenvalue weighted by atomic mass is 10.3. The van der Waals surface area contributed by atoms with Crippen LogP contribution < -0.4 is 10.5 Å². The first-order valence-electron chi connectivity index (χ1n) is 4.91. The summed E-state index contributed by atoms with van der Waals surface area (Å²) in [7, 11) is 0. The Balaban J connectivity index is 2.04. The first kappa shape index (κ1) is 12.6. The third-order valence-electron chi connectivity index (χ3n) is 2.07. The van der Waals surface area contributed by atoms with Gasteiger partial charge in [-0.25, -0.2) is 4.98 Å². The molecule has 0 aliphatic rings. The van der Waals surface area contributed by atoms with Gasteiger partial charge in [-0.05, 0) is 12.1 Å². The SMILES string of the molecule is NCc1nc(COc2cccc(Cl)c2Cl)cs1. The zero-order valence-corrected chi connectivity index (χ0v) is 11.1. The summed E-state index contributed by atoms with van der Waals surface area (Å²) < 4.78 is 5.55. The predicted molar refractivity (Wildman–Crippen MR) is 70.8 cm³/mol. The van der Waals surface area contributed by atoms with Gasteiger partial charge in [0, 0.05) is 11.9 Å². The molecule has 1 aromatic carbocycles. The van der Waals surface area contributed by atoms with Gasteiger partial charge in [-0.15, -0.1) is 11.3 Å². The van der Waals surface area contributed by atoms with Gasteiger partial charge in [-0.3, -0.25) is 0 Å². The van der Waals surface area contributed by atoms with E-state index < -0.39 is 0 Å². The van der Waals surface area contributed by atoms with Crippen LogP contribution in [0.25, 0.3) is 0 Å². The largest absolute Gasteiger partial charge is 0.486 e. The average molecular weight is 289 g/mol. The number of rotatable bonds is 4. The molecule has 2 N–H and O–H groups in total. The van der Waals surface area contributed by atoms with E-state index in [2.05, 4.69) is 4.98 Å². The van der Waals surface area contributed by atoms with Gasteiger partial charge in [0.2, 0.25) is 0 Å². The van der Waals surface area contributed by atoms with Crippen LogP contribution in [0.2, 0.25) is 10.0 Å². The third kappa shape index (κ3) is 3.10. The monoisotopic (exact) mass is 288 g/mol. The Bertz CT molecular complexity index is 516. The molecule has 0 saturated heterocycles. The highest BCUT2D eigenvalue weighted by atomic mass is 35.5. The van der Waals surface area contributed by atoms with E-state index in [1.165, 1.54) is 11.3 Å². The second kappa shape index (κ2) is 5.69. The maximum atomic E-state index is 6.00. The fourth-order valence-electron chi connectivity index (χ4n) is 1.26. The van der Waals surface area contributed by atoms with Crippen LogP contribution in [-0.2, 0) is 13.2 Å². The Labute approximate surface area is 113 Å². The summed E-state index contributed by atoms with van der Waals surface area (Å²) >= 11 is 13.4. The number of nitrogens with two attached hydrogens (primary N) is 1. The van der Waals surface area contributed by atoms with Crippen LogP contribution in [0, 0.1) is 0 Å². The highest BCUT2D eigenvalue weighted by molar-refractivity contribution is 7.09. The van der Waals surface area contributed by atoms with Crippen LogP contribution in [0.4, 0.5) is 0 Å². The smallest absolute Gasteiger partial charge is 0.140 e. The number of benzene rings is 1. The second-order valence-corrected chi connectivity index (χ2v) is 5.01. The lowest BCUT2D eigenvalue weighted by molar-refractivity contribution is 0.302. The molecule has 0 unspecified atom stereocenters. The maximum Gasteiger partial charge on any atom is 0.140 e. The van der Waals surface area contributed by atoms with Crippen molar-refractivity contribution in [3.63, 3.8) is 0 Å². The molecule has 0 fully saturated rings. The van der Waals surface area contributed by atoms with E-state index in [9.17, 15) is 0 Å². The third-order valence-corrected chi connectivity index (χ3v) is 3.79. The van der Waals surface area contributed by atoms with Crippen LogP contribution in [0.5, 0.6) is 5.75 Å². The van der Waals surface area contributed by atoms with E-state index in [1.54, 1.807) is 18.2 Å². The predicted octanol–water partition coefficient (Wildman–Crippen LogP) is 3.49.